The lowest BCUT2D eigenvalue weighted by atomic mass is 9.86. The number of benzene rings is 1. The molecule has 36 heavy (non-hydrogen) atoms. The Bertz CT molecular complexity index is 977. The zero-order chi connectivity index (χ0) is 26.1. The third-order valence-corrected chi connectivity index (χ3v) is 9.98. The van der Waals surface area contributed by atoms with E-state index >= 15 is 0 Å². The highest BCUT2D eigenvalue weighted by molar-refractivity contribution is 6.89. The van der Waals surface area contributed by atoms with Crippen molar-refractivity contribution in [3.05, 3.63) is 34.9 Å². The van der Waals surface area contributed by atoms with Crippen molar-refractivity contribution in [2.45, 2.75) is 76.3 Å². The molecular formula is C26H37ClN4O4Si. The van der Waals surface area contributed by atoms with Crippen molar-refractivity contribution >= 4 is 38.1 Å². The second-order valence-corrected chi connectivity index (χ2v) is 13.4. The molecule has 1 unspecified atom stereocenters. The van der Waals surface area contributed by atoms with Crippen molar-refractivity contribution in [3.63, 3.8) is 0 Å². The van der Waals surface area contributed by atoms with Crippen molar-refractivity contribution in [3.8, 4) is 6.07 Å². The zero-order valence-electron chi connectivity index (χ0n) is 21.1. The normalized spacial score (nSPS) is 20.1. The Balaban J connectivity index is 1.61. The van der Waals surface area contributed by atoms with Gasteiger partial charge in [-0.3, -0.25) is 9.59 Å². The molecule has 1 aliphatic heterocycles. The summed E-state index contributed by atoms with van der Waals surface area (Å²) in [5.41, 5.74) is 0.208. The lowest BCUT2D eigenvalue weighted by Gasteiger charge is -2.28. The first-order chi connectivity index (χ1) is 17.2. The highest BCUT2D eigenvalue weighted by Crippen LogP contribution is 2.28. The van der Waals surface area contributed by atoms with E-state index in [4.69, 9.17) is 16.3 Å². The molecule has 3 rings (SSSR count). The molecule has 1 aliphatic carbocycles. The smallest absolute Gasteiger partial charge is 0.399 e. The molecule has 0 spiro atoms. The lowest BCUT2D eigenvalue weighted by Crippen LogP contribution is -2.53. The van der Waals surface area contributed by atoms with E-state index in [9.17, 15) is 19.6 Å². The number of ether oxygens (including phenoxy) is 1. The molecule has 2 fully saturated rings. The topological polar surface area (TPSA) is 120 Å². The standard InChI is InChI=1S/C26H37ClN4O4Si/c1-26(2,20-9-6-10-21(27)14-20)17-35-24(33)31-36(16-18-7-4-3-5-8-18)25(34)30-22(15-28)13-19-11-12-29-23(19)32/h6,9-10,14,18-19,22,36H,3-5,7-8,11-13,16-17H2,1-2H3,(H,29,32)(H,30,34)(H,31,33)/t19?,22-,36-/m0/s1. The Kier molecular flexibility index (Phi) is 10.2. The van der Waals surface area contributed by atoms with E-state index in [0.29, 0.717) is 30.0 Å². The van der Waals surface area contributed by atoms with Gasteiger partial charge in [0, 0.05) is 22.9 Å². The molecular weight excluding hydrogens is 496 g/mol. The van der Waals surface area contributed by atoms with Crippen LogP contribution in [0.2, 0.25) is 11.1 Å². The summed E-state index contributed by atoms with van der Waals surface area (Å²) >= 11 is 6.12. The highest BCUT2D eigenvalue weighted by atomic mass is 35.5. The zero-order valence-corrected chi connectivity index (χ0v) is 23.1. The first kappa shape index (κ1) is 28.0. The average Bonchev–Trinajstić information content (AvgIpc) is 3.26. The number of nitrogens with one attached hydrogen (secondary N) is 3. The number of halogens is 1. The first-order valence-electron chi connectivity index (χ1n) is 12.8. The first-order valence-corrected chi connectivity index (χ1v) is 15.2. The Morgan fingerprint density at radius 1 is 1.28 bits per heavy atom. The summed E-state index contributed by atoms with van der Waals surface area (Å²) < 4.78 is 5.57. The van der Waals surface area contributed by atoms with Crippen molar-refractivity contribution in [2.24, 2.45) is 11.8 Å². The van der Waals surface area contributed by atoms with Gasteiger partial charge in [-0.15, -0.1) is 0 Å². The van der Waals surface area contributed by atoms with Crippen LogP contribution < -0.4 is 15.6 Å². The van der Waals surface area contributed by atoms with Crippen LogP contribution in [0.15, 0.2) is 24.3 Å². The Morgan fingerprint density at radius 2 is 2.03 bits per heavy atom. The van der Waals surface area contributed by atoms with Gasteiger partial charge in [0.15, 0.2) is 0 Å². The van der Waals surface area contributed by atoms with E-state index < -0.39 is 26.5 Å². The monoisotopic (exact) mass is 532 g/mol. The number of nitrogens with zero attached hydrogens (tertiary/aromatic N) is 1. The van der Waals surface area contributed by atoms with Crippen LogP contribution in [0.5, 0.6) is 0 Å². The molecule has 1 aromatic carbocycles. The largest absolute Gasteiger partial charge is 0.449 e. The molecule has 0 aromatic heterocycles. The Hall–Kier alpha value is -2.57. The van der Waals surface area contributed by atoms with Gasteiger partial charge in [-0.25, -0.2) is 4.79 Å². The van der Waals surface area contributed by atoms with Gasteiger partial charge in [0.1, 0.15) is 12.6 Å². The van der Waals surface area contributed by atoms with Crippen LogP contribution in [0, 0.1) is 23.2 Å². The molecule has 3 atom stereocenters. The third-order valence-electron chi connectivity index (χ3n) is 7.23. The van der Waals surface area contributed by atoms with Crippen LogP contribution >= 0.6 is 11.6 Å². The summed E-state index contributed by atoms with van der Waals surface area (Å²) in [6.07, 6.45) is 5.85. The molecule has 3 amide bonds. The summed E-state index contributed by atoms with van der Waals surface area (Å²) in [5, 5.41) is 15.8. The molecule has 8 nitrogen and oxygen atoms in total. The summed E-state index contributed by atoms with van der Waals surface area (Å²) in [5.74, 6) is 0.0232. The van der Waals surface area contributed by atoms with Crippen molar-refractivity contribution in [2.75, 3.05) is 13.2 Å². The highest BCUT2D eigenvalue weighted by Gasteiger charge is 2.33. The van der Waals surface area contributed by atoms with Gasteiger partial charge in [0.2, 0.25) is 20.4 Å². The predicted molar refractivity (Wildman–Crippen MR) is 141 cm³/mol. The molecule has 0 radical (unpaired) electrons. The van der Waals surface area contributed by atoms with Gasteiger partial charge in [-0.1, -0.05) is 69.7 Å². The minimum absolute atomic E-state index is 0.0791. The molecule has 10 heteroatoms. The fraction of sp³-hybridized carbons (Fsp3) is 0.615. The number of carbonyl (C=O) groups is 3. The molecule has 196 valence electrons. The molecule has 1 heterocycles. The number of rotatable bonds is 10. The van der Waals surface area contributed by atoms with E-state index in [1.165, 1.54) is 6.42 Å². The third kappa shape index (κ3) is 8.24. The lowest BCUT2D eigenvalue weighted by molar-refractivity contribution is -0.122. The molecule has 1 aromatic rings. The summed E-state index contributed by atoms with van der Waals surface area (Å²) in [6.45, 7) is 4.65. The maximum Gasteiger partial charge on any atom is 0.399 e. The summed E-state index contributed by atoms with van der Waals surface area (Å²) in [4.78, 5) is 40.9. The van der Waals surface area contributed by atoms with Crippen molar-refractivity contribution < 1.29 is 19.1 Å². The Morgan fingerprint density at radius 3 is 2.67 bits per heavy atom. The Labute approximate surface area is 220 Å². The maximum atomic E-state index is 13.3. The molecule has 2 aliphatic rings. The minimum atomic E-state index is -2.51. The van der Waals surface area contributed by atoms with Crippen LogP contribution in [0.3, 0.4) is 0 Å². The van der Waals surface area contributed by atoms with Crippen LogP contribution in [0.25, 0.3) is 0 Å². The fourth-order valence-corrected chi connectivity index (χ4v) is 7.54. The molecule has 1 saturated heterocycles. The quantitative estimate of drug-likeness (QED) is 0.387. The fourth-order valence-electron chi connectivity index (χ4n) is 4.98. The van der Waals surface area contributed by atoms with Crippen LogP contribution in [-0.2, 0) is 14.9 Å². The second-order valence-electron chi connectivity index (χ2n) is 10.6. The number of hydrogen-bond donors (Lipinski definition) is 3. The van der Waals surface area contributed by atoms with Gasteiger partial charge in [0.05, 0.1) is 6.07 Å². The van der Waals surface area contributed by atoms with E-state index in [0.717, 1.165) is 31.2 Å². The number of nitriles is 1. The van der Waals surface area contributed by atoms with Gasteiger partial charge < -0.3 is 20.4 Å². The van der Waals surface area contributed by atoms with Crippen LogP contribution in [0.4, 0.5) is 9.59 Å². The maximum absolute atomic E-state index is 13.3. The SMILES string of the molecule is CC(C)(COC(=O)N[Si@@H](CC1CCCCC1)C(=O)N[C@H](C#N)CC1CCNC1=O)c1cccc(Cl)c1. The van der Waals surface area contributed by atoms with Crippen LogP contribution in [0.1, 0.15) is 64.4 Å². The number of carbonyl (C=O) groups excluding carboxylic acids is 3. The minimum Gasteiger partial charge on any atom is -0.449 e. The van der Waals surface area contributed by atoms with Gasteiger partial charge in [-0.2, -0.15) is 5.26 Å². The molecule has 3 N–H and O–H groups in total. The van der Waals surface area contributed by atoms with E-state index in [2.05, 4.69) is 21.7 Å². The molecule has 1 saturated carbocycles. The van der Waals surface area contributed by atoms with Gasteiger partial charge >= 0.3 is 6.09 Å². The number of hydrogen-bond acceptors (Lipinski definition) is 5. The summed E-state index contributed by atoms with van der Waals surface area (Å²) in [7, 11) is -2.51. The predicted octanol–water partition coefficient (Wildman–Crippen LogP) is 4.36. The average molecular weight is 533 g/mol. The van der Waals surface area contributed by atoms with Gasteiger partial charge in [-0.05, 0) is 42.5 Å². The van der Waals surface area contributed by atoms with Crippen LogP contribution in [-0.4, -0.2) is 45.7 Å². The van der Waals surface area contributed by atoms with Crippen molar-refractivity contribution in [1.29, 1.82) is 5.26 Å². The number of amides is 3. The van der Waals surface area contributed by atoms with E-state index in [-0.39, 0.29) is 30.4 Å². The second kappa shape index (κ2) is 13.1. The van der Waals surface area contributed by atoms with E-state index in [1.54, 1.807) is 6.07 Å². The molecule has 0 bridgehead atoms. The van der Waals surface area contributed by atoms with Crippen molar-refractivity contribution in [1.82, 2.24) is 15.6 Å². The summed E-state index contributed by atoms with van der Waals surface area (Å²) in [6, 6.07) is 9.41. The van der Waals surface area contributed by atoms with Gasteiger partial charge in [0.25, 0.3) is 0 Å². The van der Waals surface area contributed by atoms with E-state index in [1.807, 2.05) is 32.0 Å².